The van der Waals surface area contributed by atoms with Gasteiger partial charge in [-0.3, -0.25) is 14.9 Å². The van der Waals surface area contributed by atoms with Crippen LogP contribution in [0.1, 0.15) is 47.0 Å². The molecule has 0 radical (unpaired) electrons. The van der Waals surface area contributed by atoms with Gasteiger partial charge in [0.05, 0.1) is 13.7 Å². The minimum Gasteiger partial charge on any atom is -0.468 e. The molecule has 0 fully saturated rings. The van der Waals surface area contributed by atoms with Crippen LogP contribution in [0, 0.1) is 5.92 Å². The van der Waals surface area contributed by atoms with Gasteiger partial charge in [-0.25, -0.2) is 0 Å². The second-order valence-corrected chi connectivity index (χ2v) is 5.47. The van der Waals surface area contributed by atoms with Crippen LogP contribution in [-0.4, -0.2) is 49.6 Å². The van der Waals surface area contributed by atoms with Gasteiger partial charge in [0, 0.05) is 13.1 Å². The third-order valence-corrected chi connectivity index (χ3v) is 3.03. The lowest BCUT2D eigenvalue weighted by molar-refractivity contribution is -0.143. The van der Waals surface area contributed by atoms with Crippen molar-refractivity contribution in [3.8, 4) is 0 Å². The molecule has 0 aliphatic heterocycles. The van der Waals surface area contributed by atoms with Gasteiger partial charge < -0.3 is 9.64 Å². The third kappa shape index (κ3) is 7.48. The number of nitrogens with zero attached hydrogens (tertiary/aromatic N) is 1. The van der Waals surface area contributed by atoms with E-state index in [1.165, 1.54) is 7.11 Å². The zero-order valence-corrected chi connectivity index (χ0v) is 13.6. The summed E-state index contributed by atoms with van der Waals surface area (Å²) in [6.45, 7) is 9.91. The topological polar surface area (TPSA) is 58.6 Å². The van der Waals surface area contributed by atoms with Gasteiger partial charge in [-0.15, -0.1) is 0 Å². The van der Waals surface area contributed by atoms with Crippen LogP contribution in [0.2, 0.25) is 0 Å². The summed E-state index contributed by atoms with van der Waals surface area (Å²) in [5, 5.41) is 3.03. The maximum Gasteiger partial charge on any atom is 0.322 e. The molecule has 0 heterocycles. The van der Waals surface area contributed by atoms with Gasteiger partial charge in [-0.2, -0.15) is 0 Å². The molecule has 0 aromatic heterocycles. The molecule has 0 saturated carbocycles. The predicted molar refractivity (Wildman–Crippen MR) is 80.4 cm³/mol. The minimum atomic E-state index is -0.408. The van der Waals surface area contributed by atoms with Crippen molar-refractivity contribution in [1.82, 2.24) is 10.2 Å². The summed E-state index contributed by atoms with van der Waals surface area (Å²) in [5.74, 6) is 0.111. The number of carbonyl (C=O) groups excluding carboxylic acids is 2. The van der Waals surface area contributed by atoms with Gasteiger partial charge in [-0.05, 0) is 25.2 Å². The first-order valence-corrected chi connectivity index (χ1v) is 7.55. The highest BCUT2D eigenvalue weighted by atomic mass is 16.5. The molecule has 0 bridgehead atoms. The summed E-state index contributed by atoms with van der Waals surface area (Å²) in [7, 11) is 1.37. The van der Waals surface area contributed by atoms with Crippen molar-refractivity contribution in [3.63, 3.8) is 0 Å². The zero-order chi connectivity index (χ0) is 15.5. The second-order valence-electron chi connectivity index (χ2n) is 5.47. The van der Waals surface area contributed by atoms with Crippen LogP contribution in [0.25, 0.3) is 0 Å². The molecule has 1 N–H and O–H groups in total. The Kier molecular flexibility index (Phi) is 10.1. The second kappa shape index (κ2) is 10.7. The quantitative estimate of drug-likeness (QED) is 0.622. The highest BCUT2D eigenvalue weighted by Gasteiger charge is 2.22. The van der Waals surface area contributed by atoms with E-state index < -0.39 is 6.04 Å². The van der Waals surface area contributed by atoms with Crippen molar-refractivity contribution in [2.24, 2.45) is 5.92 Å². The van der Waals surface area contributed by atoms with E-state index in [0.717, 1.165) is 25.9 Å². The number of hydrogen-bond acceptors (Lipinski definition) is 4. The molecule has 20 heavy (non-hydrogen) atoms. The number of rotatable bonds is 10. The van der Waals surface area contributed by atoms with E-state index in [2.05, 4.69) is 19.2 Å². The number of ether oxygens (including phenoxy) is 1. The summed E-state index contributed by atoms with van der Waals surface area (Å²) >= 11 is 0. The van der Waals surface area contributed by atoms with E-state index >= 15 is 0 Å². The van der Waals surface area contributed by atoms with E-state index in [1.54, 1.807) is 0 Å². The van der Waals surface area contributed by atoms with Crippen molar-refractivity contribution in [2.75, 3.05) is 26.7 Å². The molecule has 1 unspecified atom stereocenters. The van der Waals surface area contributed by atoms with Crippen LogP contribution in [0.15, 0.2) is 0 Å². The number of amides is 1. The first-order chi connectivity index (χ1) is 9.46. The Hall–Kier alpha value is -1.10. The fourth-order valence-corrected chi connectivity index (χ4v) is 2.10. The Morgan fingerprint density at radius 1 is 1.15 bits per heavy atom. The van der Waals surface area contributed by atoms with Crippen LogP contribution >= 0.6 is 0 Å². The standard InChI is InChI=1S/C15H30N2O3/c1-6-8-17(9-7-2)14(18)11-16-13(10-12(3)4)15(19)20-5/h12-13,16H,6-11H2,1-5H3. The van der Waals surface area contributed by atoms with Gasteiger partial charge in [-0.1, -0.05) is 27.7 Å². The van der Waals surface area contributed by atoms with Crippen LogP contribution in [0.3, 0.4) is 0 Å². The molecule has 5 heteroatoms. The summed E-state index contributed by atoms with van der Waals surface area (Å²) in [4.78, 5) is 25.7. The molecule has 0 aromatic rings. The summed E-state index contributed by atoms with van der Waals surface area (Å²) < 4.78 is 4.77. The van der Waals surface area contributed by atoms with Gasteiger partial charge in [0.1, 0.15) is 6.04 Å². The molecule has 5 nitrogen and oxygen atoms in total. The van der Waals surface area contributed by atoms with Crippen molar-refractivity contribution >= 4 is 11.9 Å². The highest BCUT2D eigenvalue weighted by Crippen LogP contribution is 2.06. The average molecular weight is 286 g/mol. The summed E-state index contributed by atoms with van der Waals surface area (Å²) in [6.07, 6.45) is 2.55. The van der Waals surface area contributed by atoms with Crippen molar-refractivity contribution in [3.05, 3.63) is 0 Å². The largest absolute Gasteiger partial charge is 0.468 e. The van der Waals surface area contributed by atoms with E-state index in [-0.39, 0.29) is 18.4 Å². The van der Waals surface area contributed by atoms with Gasteiger partial charge in [0.15, 0.2) is 0 Å². The molecular weight excluding hydrogens is 256 g/mol. The molecule has 0 rings (SSSR count). The molecule has 1 atom stereocenters. The fraction of sp³-hybridized carbons (Fsp3) is 0.867. The molecule has 0 saturated heterocycles. The van der Waals surface area contributed by atoms with Crippen LogP contribution in [0.5, 0.6) is 0 Å². The van der Waals surface area contributed by atoms with Gasteiger partial charge >= 0.3 is 5.97 Å². The zero-order valence-electron chi connectivity index (χ0n) is 13.6. The maximum atomic E-state index is 12.1. The number of nitrogens with one attached hydrogen (secondary N) is 1. The van der Waals surface area contributed by atoms with E-state index in [9.17, 15) is 9.59 Å². The number of carbonyl (C=O) groups is 2. The van der Waals surface area contributed by atoms with Crippen molar-refractivity contribution in [2.45, 2.75) is 53.0 Å². The Morgan fingerprint density at radius 2 is 1.70 bits per heavy atom. The summed E-state index contributed by atoms with van der Waals surface area (Å²) in [5.41, 5.74) is 0. The Bertz CT molecular complexity index is 287. The first-order valence-electron chi connectivity index (χ1n) is 7.55. The molecule has 1 amide bonds. The van der Waals surface area contributed by atoms with E-state index in [1.807, 2.05) is 18.7 Å². The Balaban J connectivity index is 4.43. The highest BCUT2D eigenvalue weighted by molar-refractivity contribution is 5.80. The van der Waals surface area contributed by atoms with Crippen LogP contribution < -0.4 is 5.32 Å². The number of hydrogen-bond donors (Lipinski definition) is 1. The Morgan fingerprint density at radius 3 is 2.10 bits per heavy atom. The Labute approximate surface area is 123 Å². The summed E-state index contributed by atoms with van der Waals surface area (Å²) in [6, 6.07) is -0.408. The SMILES string of the molecule is CCCN(CCC)C(=O)CNC(CC(C)C)C(=O)OC. The average Bonchev–Trinajstić information content (AvgIpc) is 2.41. The predicted octanol–water partition coefficient (Wildman–Crippen LogP) is 1.81. The lowest BCUT2D eigenvalue weighted by Gasteiger charge is -2.24. The van der Waals surface area contributed by atoms with Crippen LogP contribution in [-0.2, 0) is 14.3 Å². The van der Waals surface area contributed by atoms with Crippen LogP contribution in [0.4, 0.5) is 0 Å². The minimum absolute atomic E-state index is 0.0476. The van der Waals surface area contributed by atoms with E-state index in [0.29, 0.717) is 12.3 Å². The third-order valence-electron chi connectivity index (χ3n) is 3.03. The van der Waals surface area contributed by atoms with Gasteiger partial charge in [0.25, 0.3) is 0 Å². The fourth-order valence-electron chi connectivity index (χ4n) is 2.10. The monoisotopic (exact) mass is 286 g/mol. The molecule has 0 spiro atoms. The van der Waals surface area contributed by atoms with E-state index in [4.69, 9.17) is 4.74 Å². The smallest absolute Gasteiger partial charge is 0.322 e. The molecular formula is C15H30N2O3. The number of methoxy groups -OCH3 is 1. The first kappa shape index (κ1) is 18.9. The van der Waals surface area contributed by atoms with Crippen molar-refractivity contribution < 1.29 is 14.3 Å². The molecule has 0 aromatic carbocycles. The maximum absolute atomic E-state index is 12.1. The molecule has 0 aliphatic rings. The number of esters is 1. The molecule has 118 valence electrons. The normalized spacial score (nSPS) is 12.3. The van der Waals surface area contributed by atoms with Gasteiger partial charge in [0.2, 0.25) is 5.91 Å². The van der Waals surface area contributed by atoms with Crippen molar-refractivity contribution in [1.29, 1.82) is 0 Å². The molecule has 0 aliphatic carbocycles. The lowest BCUT2D eigenvalue weighted by Crippen LogP contribution is -2.46. The lowest BCUT2D eigenvalue weighted by atomic mass is 10.0.